The number of nitrogens with zero attached hydrogens (tertiary/aromatic N) is 2. The monoisotopic (exact) mass is 498 g/mol. The van der Waals surface area contributed by atoms with Crippen molar-refractivity contribution in [2.45, 2.75) is 31.5 Å². The highest BCUT2D eigenvalue weighted by atomic mass is 32.1. The van der Waals surface area contributed by atoms with E-state index >= 15 is 0 Å². The van der Waals surface area contributed by atoms with Crippen molar-refractivity contribution in [1.82, 2.24) is 15.2 Å². The smallest absolute Gasteiger partial charge is 0.420 e. The van der Waals surface area contributed by atoms with Crippen LogP contribution in [0.15, 0.2) is 40.9 Å². The zero-order valence-corrected chi connectivity index (χ0v) is 18.2. The van der Waals surface area contributed by atoms with E-state index in [0.717, 1.165) is 6.07 Å². The second kappa shape index (κ2) is 8.82. The SMILES string of the molecule is O=C([O-])NCc1cc2cc(-c3ccc(C(=S)N4CCC(F)(F)CC4)cn3)cc(C(F)(F)F)c2o1. The van der Waals surface area contributed by atoms with Crippen molar-refractivity contribution >= 4 is 34.3 Å². The molecule has 3 heterocycles. The van der Waals surface area contributed by atoms with Gasteiger partial charge in [0.2, 0.25) is 0 Å². The molecule has 0 aliphatic carbocycles. The molecule has 0 saturated carbocycles. The Hall–Kier alpha value is -3.28. The Morgan fingerprint density at radius 2 is 1.91 bits per heavy atom. The normalized spacial score (nSPS) is 16.0. The van der Waals surface area contributed by atoms with Crippen molar-refractivity contribution in [3.05, 3.63) is 53.4 Å². The van der Waals surface area contributed by atoms with Crippen LogP contribution in [0.5, 0.6) is 0 Å². The number of carbonyl (C=O) groups excluding carboxylic acids is 1. The quantitative estimate of drug-likeness (QED) is 0.426. The van der Waals surface area contributed by atoms with Gasteiger partial charge in [0.15, 0.2) is 0 Å². The molecule has 1 fully saturated rings. The molecule has 180 valence electrons. The van der Waals surface area contributed by atoms with Gasteiger partial charge in [-0.1, -0.05) is 12.2 Å². The summed E-state index contributed by atoms with van der Waals surface area (Å²) >= 11 is 5.38. The van der Waals surface area contributed by atoms with Crippen LogP contribution in [0, 0.1) is 0 Å². The minimum absolute atomic E-state index is 0.0115. The zero-order valence-electron chi connectivity index (χ0n) is 17.4. The number of pyridine rings is 1. The van der Waals surface area contributed by atoms with Crippen molar-refractivity contribution in [2.24, 2.45) is 0 Å². The number of amides is 1. The highest BCUT2D eigenvalue weighted by molar-refractivity contribution is 7.80. The molecule has 0 spiro atoms. The molecule has 0 radical (unpaired) electrons. The Labute approximate surface area is 195 Å². The number of rotatable bonds is 4. The van der Waals surface area contributed by atoms with E-state index in [1.807, 2.05) is 5.32 Å². The summed E-state index contributed by atoms with van der Waals surface area (Å²) in [6.07, 6.45) is -5.53. The molecule has 1 aliphatic heterocycles. The Balaban J connectivity index is 1.62. The third kappa shape index (κ3) is 5.11. The van der Waals surface area contributed by atoms with Gasteiger partial charge in [0.1, 0.15) is 22.4 Å². The second-order valence-electron chi connectivity index (χ2n) is 7.87. The van der Waals surface area contributed by atoms with Crippen LogP contribution in [0.1, 0.15) is 29.7 Å². The molecule has 12 heteroatoms. The number of halogens is 5. The van der Waals surface area contributed by atoms with E-state index in [2.05, 4.69) is 4.98 Å². The van der Waals surface area contributed by atoms with Gasteiger partial charge in [0, 0.05) is 48.6 Å². The lowest BCUT2D eigenvalue weighted by Gasteiger charge is -2.33. The van der Waals surface area contributed by atoms with Crippen molar-refractivity contribution in [1.29, 1.82) is 0 Å². The predicted molar refractivity (Wildman–Crippen MR) is 114 cm³/mol. The lowest BCUT2D eigenvalue weighted by molar-refractivity contribution is -0.251. The van der Waals surface area contributed by atoms with Gasteiger partial charge in [-0.15, -0.1) is 0 Å². The first kappa shape index (κ1) is 23.9. The molecule has 0 atom stereocenters. The number of nitrogens with one attached hydrogen (secondary N) is 1. The number of furan rings is 1. The van der Waals surface area contributed by atoms with Crippen LogP contribution in [0.2, 0.25) is 0 Å². The Morgan fingerprint density at radius 3 is 2.50 bits per heavy atom. The summed E-state index contributed by atoms with van der Waals surface area (Å²) < 4.78 is 73.1. The number of carboxylic acid groups (broad SMARTS) is 1. The summed E-state index contributed by atoms with van der Waals surface area (Å²) in [5.41, 5.74) is -0.559. The van der Waals surface area contributed by atoms with E-state index in [0.29, 0.717) is 10.6 Å². The molecule has 1 amide bonds. The average Bonchev–Trinajstić information content (AvgIpc) is 3.19. The average molecular weight is 498 g/mol. The summed E-state index contributed by atoms with van der Waals surface area (Å²) in [6.45, 7) is -0.139. The maximum atomic E-state index is 13.7. The van der Waals surface area contributed by atoms with Crippen molar-refractivity contribution in [3.8, 4) is 11.3 Å². The molecule has 1 N–H and O–H groups in total. The fourth-order valence-electron chi connectivity index (χ4n) is 3.72. The van der Waals surface area contributed by atoms with Crippen molar-refractivity contribution in [3.63, 3.8) is 0 Å². The largest absolute Gasteiger partial charge is 0.530 e. The fraction of sp³-hybridized carbons (Fsp3) is 0.318. The minimum atomic E-state index is -4.73. The summed E-state index contributed by atoms with van der Waals surface area (Å²) in [5, 5.41) is 12.6. The third-order valence-electron chi connectivity index (χ3n) is 5.47. The molecular formula is C22H17F5N3O3S-. The van der Waals surface area contributed by atoms with Crippen molar-refractivity contribution < 1.29 is 36.3 Å². The number of benzene rings is 1. The van der Waals surface area contributed by atoms with E-state index in [-0.39, 0.29) is 54.9 Å². The Morgan fingerprint density at radius 1 is 1.21 bits per heavy atom. The summed E-state index contributed by atoms with van der Waals surface area (Å²) in [6, 6.07) is 6.73. The molecule has 0 bridgehead atoms. The lowest BCUT2D eigenvalue weighted by Crippen LogP contribution is -2.42. The number of likely N-dealkylation sites (tertiary alicyclic amines) is 1. The van der Waals surface area contributed by atoms with Crippen LogP contribution in [-0.4, -0.2) is 40.0 Å². The number of piperidine rings is 1. The standard InChI is InChI=1S/C22H18F5N3O3S/c23-21(24)3-5-30(6-4-21)19(34)12-1-2-17(28-10-12)13-7-14-8-15(11-29-20(31)32)33-18(14)16(9-13)22(25,26)27/h1-2,7-10,29H,3-6,11H2,(H,31,32)/p-1. The first-order valence-corrected chi connectivity index (χ1v) is 10.6. The molecule has 1 saturated heterocycles. The van der Waals surface area contributed by atoms with Crippen LogP contribution in [0.25, 0.3) is 22.2 Å². The summed E-state index contributed by atoms with van der Waals surface area (Å²) in [4.78, 5) is 16.8. The molecule has 34 heavy (non-hydrogen) atoms. The van der Waals surface area contributed by atoms with Crippen LogP contribution < -0.4 is 10.4 Å². The van der Waals surface area contributed by atoms with Gasteiger partial charge in [0.05, 0.1) is 17.8 Å². The Kier molecular flexibility index (Phi) is 6.19. The summed E-state index contributed by atoms with van der Waals surface area (Å²) in [5.74, 6) is -2.72. The van der Waals surface area contributed by atoms with E-state index in [1.54, 1.807) is 11.0 Å². The fourth-order valence-corrected chi connectivity index (χ4v) is 4.03. The zero-order chi connectivity index (χ0) is 24.7. The predicted octanol–water partition coefficient (Wildman–Crippen LogP) is 4.35. The molecule has 1 aromatic carbocycles. The van der Waals surface area contributed by atoms with Gasteiger partial charge in [-0.05, 0) is 30.3 Å². The molecule has 6 nitrogen and oxygen atoms in total. The number of hydrogen-bond donors (Lipinski definition) is 1. The number of fused-ring (bicyclic) bond motifs is 1. The number of aromatic nitrogens is 1. The number of carbonyl (C=O) groups is 1. The lowest BCUT2D eigenvalue weighted by atomic mass is 10.0. The second-order valence-corrected chi connectivity index (χ2v) is 8.26. The molecular weight excluding hydrogens is 481 g/mol. The highest BCUT2D eigenvalue weighted by Gasteiger charge is 2.36. The van der Waals surface area contributed by atoms with Gasteiger partial charge < -0.3 is 24.5 Å². The molecule has 1 aliphatic rings. The van der Waals surface area contributed by atoms with E-state index in [1.165, 1.54) is 24.4 Å². The Bertz CT molecular complexity index is 1230. The maximum Gasteiger partial charge on any atom is 0.420 e. The molecule has 3 aromatic rings. The van der Waals surface area contributed by atoms with E-state index in [9.17, 15) is 31.9 Å². The van der Waals surface area contributed by atoms with Gasteiger partial charge in [-0.25, -0.2) is 8.78 Å². The third-order valence-corrected chi connectivity index (χ3v) is 5.96. The first-order valence-electron chi connectivity index (χ1n) is 10.1. The number of thiocarbonyl (C=S) groups is 1. The van der Waals surface area contributed by atoms with Crippen LogP contribution in [-0.2, 0) is 12.7 Å². The van der Waals surface area contributed by atoms with E-state index < -0.39 is 29.3 Å². The van der Waals surface area contributed by atoms with Crippen LogP contribution in [0.3, 0.4) is 0 Å². The number of alkyl halides is 5. The highest BCUT2D eigenvalue weighted by Crippen LogP contribution is 2.39. The van der Waals surface area contributed by atoms with Gasteiger partial charge in [0.25, 0.3) is 5.92 Å². The number of hydrogen-bond acceptors (Lipinski definition) is 5. The van der Waals surface area contributed by atoms with Gasteiger partial charge >= 0.3 is 6.18 Å². The first-order chi connectivity index (χ1) is 15.9. The maximum absolute atomic E-state index is 13.7. The topological polar surface area (TPSA) is 81.4 Å². The molecule has 0 unspecified atom stereocenters. The minimum Gasteiger partial charge on any atom is -0.530 e. The summed E-state index contributed by atoms with van der Waals surface area (Å²) in [7, 11) is 0. The van der Waals surface area contributed by atoms with Crippen LogP contribution >= 0.6 is 12.2 Å². The van der Waals surface area contributed by atoms with Gasteiger partial charge in [-0.2, -0.15) is 13.2 Å². The molecule has 4 rings (SSSR count). The van der Waals surface area contributed by atoms with Crippen LogP contribution in [0.4, 0.5) is 26.7 Å². The van der Waals surface area contributed by atoms with E-state index in [4.69, 9.17) is 16.6 Å². The van der Waals surface area contributed by atoms with Gasteiger partial charge in [-0.3, -0.25) is 4.98 Å². The molecule has 2 aromatic heterocycles. The van der Waals surface area contributed by atoms with Crippen molar-refractivity contribution in [2.75, 3.05) is 13.1 Å².